The van der Waals surface area contributed by atoms with Crippen LogP contribution in [0.3, 0.4) is 0 Å². The van der Waals surface area contributed by atoms with E-state index in [9.17, 15) is 0 Å². The van der Waals surface area contributed by atoms with Gasteiger partial charge in [-0.3, -0.25) is 0 Å². The summed E-state index contributed by atoms with van der Waals surface area (Å²) in [6, 6.07) is 12.2. The summed E-state index contributed by atoms with van der Waals surface area (Å²) >= 11 is 0. The van der Waals surface area contributed by atoms with Crippen molar-refractivity contribution >= 4 is 0 Å². The molecule has 0 aromatic heterocycles. The van der Waals surface area contributed by atoms with Crippen molar-refractivity contribution in [2.24, 2.45) is 0 Å². The van der Waals surface area contributed by atoms with E-state index in [4.69, 9.17) is 9.47 Å². The van der Waals surface area contributed by atoms with Crippen molar-refractivity contribution in [1.29, 1.82) is 0 Å². The minimum absolute atomic E-state index is 0.533. The Morgan fingerprint density at radius 2 is 1.50 bits per heavy atom. The van der Waals surface area contributed by atoms with E-state index in [-0.39, 0.29) is 0 Å². The molecule has 0 spiro atoms. The predicted molar refractivity (Wildman–Crippen MR) is 83.1 cm³/mol. The van der Waals surface area contributed by atoms with Crippen LogP contribution in [0.25, 0.3) is 0 Å². The van der Waals surface area contributed by atoms with Gasteiger partial charge in [-0.15, -0.1) is 0 Å². The van der Waals surface area contributed by atoms with E-state index in [1.54, 1.807) is 7.11 Å². The molecule has 2 aromatic carbocycles. The maximum atomic E-state index is 5.97. The first-order valence-electron chi connectivity index (χ1n) is 6.94. The van der Waals surface area contributed by atoms with Gasteiger partial charge in [0, 0.05) is 0 Å². The zero-order chi connectivity index (χ0) is 14.7. The van der Waals surface area contributed by atoms with Crippen LogP contribution in [0.4, 0.5) is 0 Å². The lowest BCUT2D eigenvalue weighted by atomic mass is 10.0. The van der Waals surface area contributed by atoms with Crippen LogP contribution < -0.4 is 9.47 Å². The molecule has 0 aliphatic heterocycles. The number of aryl methyl sites for hydroxylation is 2. The summed E-state index contributed by atoms with van der Waals surface area (Å²) in [7, 11) is 1.68. The van der Waals surface area contributed by atoms with Crippen molar-refractivity contribution in [2.45, 2.75) is 33.6 Å². The fraction of sp³-hybridized carbons (Fsp3) is 0.333. The molecule has 0 aliphatic carbocycles. The van der Waals surface area contributed by atoms with Gasteiger partial charge in [-0.2, -0.15) is 0 Å². The van der Waals surface area contributed by atoms with E-state index in [2.05, 4.69) is 32.9 Å². The third-order valence-electron chi connectivity index (χ3n) is 3.46. The second-order valence-corrected chi connectivity index (χ2v) is 5.41. The Bertz CT molecular complexity index is 600. The highest BCUT2D eigenvalue weighted by atomic mass is 16.5. The Morgan fingerprint density at radius 3 is 2.05 bits per heavy atom. The average Bonchev–Trinajstić information content (AvgIpc) is 2.41. The highest BCUT2D eigenvalue weighted by Crippen LogP contribution is 2.30. The number of ether oxygens (including phenoxy) is 2. The summed E-state index contributed by atoms with van der Waals surface area (Å²) in [6.45, 7) is 8.49. The van der Waals surface area contributed by atoms with Crippen LogP contribution in [-0.2, 0) is 0 Å². The summed E-state index contributed by atoms with van der Waals surface area (Å²) in [5.41, 5.74) is 3.56. The van der Waals surface area contributed by atoms with Crippen molar-refractivity contribution in [3.63, 3.8) is 0 Å². The monoisotopic (exact) mass is 270 g/mol. The number of benzene rings is 2. The topological polar surface area (TPSA) is 18.5 Å². The molecule has 0 unspecified atom stereocenters. The molecule has 0 N–H and O–H groups in total. The van der Waals surface area contributed by atoms with Crippen molar-refractivity contribution in [3.05, 3.63) is 53.1 Å². The Kier molecular flexibility index (Phi) is 4.33. The lowest BCUT2D eigenvalue weighted by Crippen LogP contribution is -1.93. The Hall–Kier alpha value is -1.96. The van der Waals surface area contributed by atoms with E-state index in [1.165, 1.54) is 5.56 Å². The highest BCUT2D eigenvalue weighted by Gasteiger charge is 2.06. The van der Waals surface area contributed by atoms with Gasteiger partial charge in [0.2, 0.25) is 0 Å². The number of rotatable bonds is 4. The summed E-state index contributed by atoms with van der Waals surface area (Å²) < 4.78 is 11.2. The van der Waals surface area contributed by atoms with Gasteiger partial charge in [0.15, 0.2) is 0 Å². The normalized spacial score (nSPS) is 10.7. The van der Waals surface area contributed by atoms with E-state index >= 15 is 0 Å². The van der Waals surface area contributed by atoms with Crippen LogP contribution >= 0.6 is 0 Å². The molecule has 0 atom stereocenters. The summed E-state index contributed by atoms with van der Waals surface area (Å²) in [6.07, 6.45) is 0. The van der Waals surface area contributed by atoms with Crippen LogP contribution in [0, 0.1) is 13.8 Å². The SMILES string of the molecule is COc1ccc(Oc2ccc(C(C)C)cc2C)cc1C. The molecule has 20 heavy (non-hydrogen) atoms. The predicted octanol–water partition coefficient (Wildman–Crippen LogP) is 5.23. The number of hydrogen-bond donors (Lipinski definition) is 0. The van der Waals surface area contributed by atoms with E-state index in [0.29, 0.717) is 5.92 Å². The summed E-state index contributed by atoms with van der Waals surface area (Å²) in [5.74, 6) is 3.15. The molecule has 0 heterocycles. The van der Waals surface area contributed by atoms with Crippen LogP contribution in [0.2, 0.25) is 0 Å². The quantitative estimate of drug-likeness (QED) is 0.757. The molecule has 0 fully saturated rings. The molecule has 0 amide bonds. The highest BCUT2D eigenvalue weighted by molar-refractivity contribution is 5.44. The van der Waals surface area contributed by atoms with Gasteiger partial charge in [0.25, 0.3) is 0 Å². The molecule has 106 valence electrons. The van der Waals surface area contributed by atoms with Crippen LogP contribution in [0.1, 0.15) is 36.5 Å². The third kappa shape index (κ3) is 3.13. The van der Waals surface area contributed by atoms with Crippen LogP contribution in [-0.4, -0.2) is 7.11 Å². The lowest BCUT2D eigenvalue weighted by Gasteiger charge is -2.13. The fourth-order valence-corrected chi connectivity index (χ4v) is 2.19. The lowest BCUT2D eigenvalue weighted by molar-refractivity contribution is 0.409. The summed E-state index contributed by atoms with van der Waals surface area (Å²) in [4.78, 5) is 0. The molecular formula is C18H22O2. The average molecular weight is 270 g/mol. The van der Waals surface area contributed by atoms with E-state index in [0.717, 1.165) is 28.4 Å². The molecule has 2 nitrogen and oxygen atoms in total. The van der Waals surface area contributed by atoms with Crippen molar-refractivity contribution in [1.82, 2.24) is 0 Å². The zero-order valence-corrected chi connectivity index (χ0v) is 12.9. The third-order valence-corrected chi connectivity index (χ3v) is 3.46. The Labute approximate surface area is 121 Å². The largest absolute Gasteiger partial charge is 0.496 e. The van der Waals surface area contributed by atoms with Crippen molar-refractivity contribution in [3.8, 4) is 17.2 Å². The first-order valence-corrected chi connectivity index (χ1v) is 6.94. The molecule has 0 radical (unpaired) electrons. The first-order chi connectivity index (χ1) is 9.51. The van der Waals surface area contributed by atoms with Gasteiger partial charge in [0.1, 0.15) is 17.2 Å². The van der Waals surface area contributed by atoms with Crippen LogP contribution in [0.15, 0.2) is 36.4 Å². The molecule has 0 saturated carbocycles. The van der Waals surface area contributed by atoms with Crippen LogP contribution in [0.5, 0.6) is 17.2 Å². The molecule has 0 bridgehead atoms. The molecule has 2 heteroatoms. The van der Waals surface area contributed by atoms with Gasteiger partial charge in [-0.1, -0.05) is 26.0 Å². The number of hydrogen-bond acceptors (Lipinski definition) is 2. The molecular weight excluding hydrogens is 248 g/mol. The van der Waals surface area contributed by atoms with Gasteiger partial charge < -0.3 is 9.47 Å². The molecule has 2 aromatic rings. The second kappa shape index (κ2) is 6.00. The number of methoxy groups -OCH3 is 1. The smallest absolute Gasteiger partial charge is 0.130 e. The molecule has 0 aliphatic rings. The Balaban J connectivity index is 2.24. The summed E-state index contributed by atoms with van der Waals surface area (Å²) in [5, 5.41) is 0. The van der Waals surface area contributed by atoms with E-state index < -0.39 is 0 Å². The fourth-order valence-electron chi connectivity index (χ4n) is 2.19. The van der Waals surface area contributed by atoms with Crippen molar-refractivity contribution < 1.29 is 9.47 Å². The van der Waals surface area contributed by atoms with Crippen molar-refractivity contribution in [2.75, 3.05) is 7.11 Å². The van der Waals surface area contributed by atoms with Gasteiger partial charge in [-0.05, 0) is 60.7 Å². The van der Waals surface area contributed by atoms with E-state index in [1.807, 2.05) is 31.2 Å². The minimum atomic E-state index is 0.533. The Morgan fingerprint density at radius 1 is 0.850 bits per heavy atom. The minimum Gasteiger partial charge on any atom is -0.496 e. The maximum absolute atomic E-state index is 5.97. The van der Waals surface area contributed by atoms with Gasteiger partial charge in [-0.25, -0.2) is 0 Å². The standard InChI is InChI=1S/C18H22O2/c1-12(2)15-6-8-18(13(3)10-15)20-16-7-9-17(19-5)14(4)11-16/h6-12H,1-5H3. The molecule has 0 saturated heterocycles. The second-order valence-electron chi connectivity index (χ2n) is 5.41. The maximum Gasteiger partial charge on any atom is 0.130 e. The molecule has 2 rings (SSSR count). The van der Waals surface area contributed by atoms with Gasteiger partial charge >= 0.3 is 0 Å². The first kappa shape index (κ1) is 14.4. The zero-order valence-electron chi connectivity index (χ0n) is 12.9. The van der Waals surface area contributed by atoms with Gasteiger partial charge in [0.05, 0.1) is 7.11 Å².